The summed E-state index contributed by atoms with van der Waals surface area (Å²) in [5.41, 5.74) is 3.88. The van der Waals surface area contributed by atoms with Gasteiger partial charge in [0.15, 0.2) is 0 Å². The van der Waals surface area contributed by atoms with Crippen LogP contribution >= 0.6 is 0 Å². The number of hydrogen-bond acceptors (Lipinski definition) is 0. The molecular formula is C27H34. The van der Waals surface area contributed by atoms with Crippen LogP contribution in [-0.2, 0) is 6.42 Å². The van der Waals surface area contributed by atoms with Crippen molar-refractivity contribution in [1.29, 1.82) is 0 Å². The SMILES string of the molecule is CCC[C@H]1CC[C@H](CCc2ccc(C#CC(C)c3ccccc3)cc2)CC1. The second kappa shape index (κ2) is 10.4. The van der Waals surface area contributed by atoms with Crippen LogP contribution in [-0.4, -0.2) is 0 Å². The Bertz CT molecular complexity index is 721. The molecule has 27 heavy (non-hydrogen) atoms. The van der Waals surface area contributed by atoms with Gasteiger partial charge in [-0.25, -0.2) is 0 Å². The van der Waals surface area contributed by atoms with Gasteiger partial charge in [-0.3, -0.25) is 0 Å². The fourth-order valence-electron chi connectivity index (χ4n) is 4.36. The van der Waals surface area contributed by atoms with Gasteiger partial charge in [-0.15, -0.1) is 0 Å². The summed E-state index contributed by atoms with van der Waals surface area (Å²) >= 11 is 0. The van der Waals surface area contributed by atoms with Crippen molar-refractivity contribution in [2.24, 2.45) is 11.8 Å². The van der Waals surface area contributed by atoms with E-state index in [1.165, 1.54) is 62.5 Å². The van der Waals surface area contributed by atoms with Crippen molar-refractivity contribution in [3.63, 3.8) is 0 Å². The minimum absolute atomic E-state index is 0.272. The molecule has 0 bridgehead atoms. The molecule has 2 aromatic carbocycles. The summed E-state index contributed by atoms with van der Waals surface area (Å²) in [7, 11) is 0. The zero-order chi connectivity index (χ0) is 18.9. The number of benzene rings is 2. The third kappa shape index (κ3) is 6.28. The maximum atomic E-state index is 3.38. The predicted molar refractivity (Wildman–Crippen MR) is 117 cm³/mol. The van der Waals surface area contributed by atoms with E-state index in [-0.39, 0.29) is 5.92 Å². The van der Waals surface area contributed by atoms with Crippen LogP contribution in [0, 0.1) is 23.7 Å². The molecule has 0 radical (unpaired) electrons. The summed E-state index contributed by atoms with van der Waals surface area (Å²) in [5, 5.41) is 0. The molecule has 1 aliphatic rings. The van der Waals surface area contributed by atoms with Crippen molar-refractivity contribution in [3.05, 3.63) is 71.3 Å². The van der Waals surface area contributed by atoms with Gasteiger partial charge in [0.2, 0.25) is 0 Å². The maximum Gasteiger partial charge on any atom is 0.0427 e. The third-order valence-electron chi connectivity index (χ3n) is 6.19. The molecule has 1 unspecified atom stereocenters. The summed E-state index contributed by atoms with van der Waals surface area (Å²) in [5.74, 6) is 8.96. The minimum atomic E-state index is 0.272. The Balaban J connectivity index is 1.46. The van der Waals surface area contributed by atoms with Gasteiger partial charge in [0.1, 0.15) is 0 Å². The highest BCUT2D eigenvalue weighted by Gasteiger charge is 2.20. The molecule has 142 valence electrons. The van der Waals surface area contributed by atoms with Crippen molar-refractivity contribution in [2.75, 3.05) is 0 Å². The van der Waals surface area contributed by atoms with E-state index < -0.39 is 0 Å². The van der Waals surface area contributed by atoms with Crippen LogP contribution in [0.25, 0.3) is 0 Å². The Morgan fingerprint density at radius 3 is 2.11 bits per heavy atom. The van der Waals surface area contributed by atoms with Crippen molar-refractivity contribution in [3.8, 4) is 11.8 Å². The van der Waals surface area contributed by atoms with Gasteiger partial charge in [-0.1, -0.05) is 99.8 Å². The van der Waals surface area contributed by atoms with Gasteiger partial charge in [-0.2, -0.15) is 0 Å². The Morgan fingerprint density at radius 1 is 0.852 bits per heavy atom. The van der Waals surface area contributed by atoms with Gasteiger partial charge in [0.25, 0.3) is 0 Å². The molecule has 0 aliphatic heterocycles. The second-order valence-electron chi connectivity index (χ2n) is 8.31. The monoisotopic (exact) mass is 358 g/mol. The van der Waals surface area contributed by atoms with Crippen molar-refractivity contribution in [2.45, 2.75) is 71.1 Å². The smallest absolute Gasteiger partial charge is 0.0427 e. The molecule has 0 N–H and O–H groups in total. The largest absolute Gasteiger partial charge is 0.0900 e. The first-order valence-electron chi connectivity index (χ1n) is 10.9. The lowest BCUT2D eigenvalue weighted by Gasteiger charge is -2.28. The highest BCUT2D eigenvalue weighted by atomic mass is 14.3. The van der Waals surface area contributed by atoms with Gasteiger partial charge < -0.3 is 0 Å². The number of rotatable bonds is 6. The first-order chi connectivity index (χ1) is 13.2. The lowest BCUT2D eigenvalue weighted by atomic mass is 9.78. The Hall–Kier alpha value is -2.00. The zero-order valence-corrected chi connectivity index (χ0v) is 17.1. The summed E-state index contributed by atoms with van der Waals surface area (Å²) in [6.07, 6.45) is 11.2. The maximum absolute atomic E-state index is 3.38. The fourth-order valence-corrected chi connectivity index (χ4v) is 4.36. The molecule has 0 amide bonds. The van der Waals surface area contributed by atoms with E-state index in [2.05, 4.69) is 80.3 Å². The topological polar surface area (TPSA) is 0 Å². The summed E-state index contributed by atoms with van der Waals surface area (Å²) in [4.78, 5) is 0. The zero-order valence-electron chi connectivity index (χ0n) is 17.1. The fraction of sp³-hybridized carbons (Fsp3) is 0.481. The van der Waals surface area contributed by atoms with Crippen molar-refractivity contribution in [1.82, 2.24) is 0 Å². The lowest BCUT2D eigenvalue weighted by Crippen LogP contribution is -2.15. The van der Waals surface area contributed by atoms with Crippen LogP contribution in [0.5, 0.6) is 0 Å². The minimum Gasteiger partial charge on any atom is -0.0900 e. The van der Waals surface area contributed by atoms with E-state index in [1.807, 2.05) is 0 Å². The molecule has 3 rings (SSSR count). The number of aryl methyl sites for hydroxylation is 1. The molecule has 0 spiro atoms. The van der Waals surface area contributed by atoms with E-state index in [0.717, 1.165) is 17.4 Å². The molecule has 0 nitrogen and oxygen atoms in total. The predicted octanol–water partition coefficient (Wildman–Crippen LogP) is 7.38. The highest BCUT2D eigenvalue weighted by Crippen LogP contribution is 2.33. The van der Waals surface area contributed by atoms with E-state index in [1.54, 1.807) is 0 Å². The molecule has 0 heteroatoms. The van der Waals surface area contributed by atoms with Gasteiger partial charge in [0, 0.05) is 11.5 Å². The summed E-state index contributed by atoms with van der Waals surface area (Å²) in [6, 6.07) is 19.5. The van der Waals surface area contributed by atoms with Gasteiger partial charge in [0.05, 0.1) is 0 Å². The highest BCUT2D eigenvalue weighted by molar-refractivity contribution is 5.39. The Labute approximate surface area is 166 Å². The van der Waals surface area contributed by atoms with Crippen LogP contribution in [0.1, 0.15) is 81.4 Å². The lowest BCUT2D eigenvalue weighted by molar-refractivity contribution is 0.252. The first kappa shape index (κ1) is 19.8. The third-order valence-corrected chi connectivity index (χ3v) is 6.19. The van der Waals surface area contributed by atoms with E-state index in [0.29, 0.717) is 0 Å². The molecule has 2 aromatic rings. The van der Waals surface area contributed by atoms with Gasteiger partial charge >= 0.3 is 0 Å². The van der Waals surface area contributed by atoms with Crippen molar-refractivity contribution >= 4 is 0 Å². The normalized spacial score (nSPS) is 20.5. The quantitative estimate of drug-likeness (QED) is 0.472. The van der Waals surface area contributed by atoms with E-state index in [4.69, 9.17) is 0 Å². The van der Waals surface area contributed by atoms with E-state index in [9.17, 15) is 0 Å². The van der Waals surface area contributed by atoms with Crippen LogP contribution in [0.2, 0.25) is 0 Å². The molecule has 1 saturated carbocycles. The number of hydrogen-bond donors (Lipinski definition) is 0. The Morgan fingerprint density at radius 2 is 1.48 bits per heavy atom. The molecule has 0 aromatic heterocycles. The van der Waals surface area contributed by atoms with Crippen molar-refractivity contribution < 1.29 is 0 Å². The standard InChI is InChI=1S/C27H34/c1-3-7-23-12-14-25(15-13-23)20-21-26-18-16-24(17-19-26)11-10-22(2)27-8-5-4-6-9-27/h4-6,8-9,16-19,22-23,25H,3,7,12-15,20-21H2,1-2H3/t22?,23-,25-. The summed E-state index contributed by atoms with van der Waals surface area (Å²) < 4.78 is 0. The average Bonchev–Trinajstić information content (AvgIpc) is 2.73. The molecule has 0 heterocycles. The average molecular weight is 359 g/mol. The van der Waals surface area contributed by atoms with E-state index >= 15 is 0 Å². The molecule has 1 aliphatic carbocycles. The molecular weight excluding hydrogens is 324 g/mol. The van der Waals surface area contributed by atoms with Gasteiger partial charge in [-0.05, 0) is 54.9 Å². The van der Waals surface area contributed by atoms with Crippen LogP contribution < -0.4 is 0 Å². The van der Waals surface area contributed by atoms with Crippen LogP contribution in [0.3, 0.4) is 0 Å². The molecule has 1 atom stereocenters. The summed E-state index contributed by atoms with van der Waals surface area (Å²) in [6.45, 7) is 4.49. The molecule has 0 saturated heterocycles. The molecule has 1 fully saturated rings. The van der Waals surface area contributed by atoms with Crippen LogP contribution in [0.4, 0.5) is 0 Å². The second-order valence-corrected chi connectivity index (χ2v) is 8.31. The Kier molecular flexibility index (Phi) is 7.58. The van der Waals surface area contributed by atoms with Crippen LogP contribution in [0.15, 0.2) is 54.6 Å². The first-order valence-corrected chi connectivity index (χ1v) is 10.9.